The van der Waals surface area contributed by atoms with Gasteiger partial charge in [0.1, 0.15) is 0 Å². The number of aryl methyl sites for hydroxylation is 1. The van der Waals surface area contributed by atoms with E-state index in [0.29, 0.717) is 11.3 Å². The van der Waals surface area contributed by atoms with Crippen LogP contribution in [-0.4, -0.2) is 41.9 Å². The van der Waals surface area contributed by atoms with E-state index < -0.39 is 30.3 Å². The average molecular weight is 409 g/mol. The molecule has 1 heterocycles. The second kappa shape index (κ2) is 9.21. The fraction of sp³-hybridized carbons (Fsp3) is 0.273. The molecule has 8 nitrogen and oxygen atoms in total. The van der Waals surface area contributed by atoms with E-state index in [1.165, 1.54) is 0 Å². The third-order valence-electron chi connectivity index (χ3n) is 4.96. The number of rotatable bonds is 6. The molecule has 3 rings (SSSR count). The summed E-state index contributed by atoms with van der Waals surface area (Å²) >= 11 is 0. The van der Waals surface area contributed by atoms with Crippen molar-refractivity contribution in [2.75, 3.05) is 18.5 Å². The van der Waals surface area contributed by atoms with Crippen LogP contribution in [0.15, 0.2) is 48.5 Å². The summed E-state index contributed by atoms with van der Waals surface area (Å²) in [6, 6.07) is 14.0. The van der Waals surface area contributed by atoms with Crippen molar-refractivity contribution in [3.63, 3.8) is 0 Å². The maximum atomic E-state index is 12.3. The number of hydrogen-bond acceptors (Lipinski definition) is 5. The van der Waals surface area contributed by atoms with Crippen LogP contribution in [0.5, 0.6) is 0 Å². The first kappa shape index (κ1) is 21.0. The summed E-state index contributed by atoms with van der Waals surface area (Å²) in [5.41, 5.74) is 5.52. The largest absolute Gasteiger partial charge is 0.455 e. The summed E-state index contributed by atoms with van der Waals surface area (Å²) in [5.74, 6) is -2.69. The van der Waals surface area contributed by atoms with Crippen LogP contribution >= 0.6 is 0 Å². The molecule has 0 spiro atoms. The molecule has 1 aliphatic rings. The highest BCUT2D eigenvalue weighted by molar-refractivity contribution is 5.97. The molecule has 1 aliphatic heterocycles. The molecule has 2 aromatic rings. The normalized spacial score (nSPS) is 15.6. The van der Waals surface area contributed by atoms with E-state index in [4.69, 9.17) is 4.74 Å². The summed E-state index contributed by atoms with van der Waals surface area (Å²) in [6.07, 6.45) is -0.0908. The second-order valence-corrected chi connectivity index (χ2v) is 7.12. The highest BCUT2D eigenvalue weighted by Gasteiger charge is 2.36. The fourth-order valence-corrected chi connectivity index (χ4v) is 3.08. The number of carbonyl (C=O) groups excluding carboxylic acids is 4. The van der Waals surface area contributed by atoms with Crippen LogP contribution in [0.25, 0.3) is 0 Å². The Labute approximate surface area is 174 Å². The van der Waals surface area contributed by atoms with Gasteiger partial charge in [0.05, 0.1) is 12.5 Å². The Morgan fingerprint density at radius 1 is 1.07 bits per heavy atom. The number of amides is 3. The van der Waals surface area contributed by atoms with Gasteiger partial charge in [0.2, 0.25) is 5.91 Å². The lowest BCUT2D eigenvalue weighted by atomic mass is 10.1. The van der Waals surface area contributed by atoms with E-state index in [1.807, 2.05) is 26.0 Å². The Kier molecular flexibility index (Phi) is 6.46. The van der Waals surface area contributed by atoms with Crippen LogP contribution in [0.1, 0.15) is 27.9 Å². The van der Waals surface area contributed by atoms with Crippen molar-refractivity contribution in [2.45, 2.75) is 20.3 Å². The van der Waals surface area contributed by atoms with E-state index in [1.54, 1.807) is 36.4 Å². The molecule has 0 saturated carbocycles. The zero-order valence-electron chi connectivity index (χ0n) is 16.8. The van der Waals surface area contributed by atoms with Gasteiger partial charge < -0.3 is 10.1 Å². The first-order valence-electron chi connectivity index (χ1n) is 9.54. The van der Waals surface area contributed by atoms with Crippen LogP contribution in [0.3, 0.4) is 0 Å². The summed E-state index contributed by atoms with van der Waals surface area (Å²) in [5, 5.41) is 3.82. The number of carbonyl (C=O) groups is 4. The van der Waals surface area contributed by atoms with Gasteiger partial charge in [0.15, 0.2) is 6.61 Å². The number of anilines is 1. The van der Waals surface area contributed by atoms with Crippen molar-refractivity contribution >= 4 is 29.4 Å². The molecule has 2 aromatic carbocycles. The Bertz CT molecular complexity index is 974. The van der Waals surface area contributed by atoms with E-state index in [2.05, 4.69) is 10.7 Å². The van der Waals surface area contributed by atoms with Crippen molar-refractivity contribution in [3.8, 4) is 0 Å². The smallest absolute Gasteiger partial charge is 0.311 e. The monoisotopic (exact) mass is 409 g/mol. The zero-order valence-corrected chi connectivity index (χ0v) is 16.8. The molecule has 1 fully saturated rings. The van der Waals surface area contributed by atoms with E-state index in [0.717, 1.165) is 16.1 Å². The fourth-order valence-electron chi connectivity index (χ4n) is 3.08. The number of ether oxygens (including phenoxy) is 1. The van der Waals surface area contributed by atoms with Crippen LogP contribution in [0.2, 0.25) is 0 Å². The van der Waals surface area contributed by atoms with Crippen LogP contribution in [0, 0.1) is 19.8 Å². The number of esters is 1. The lowest BCUT2D eigenvalue weighted by Gasteiger charge is -2.17. The SMILES string of the molecule is Cc1cccc(NC(=O)COC(=O)[C@@H]2CC(=O)N(NC(=O)c3ccccc3)C2)c1C. The Hall–Kier alpha value is -3.68. The molecule has 156 valence electrons. The van der Waals surface area contributed by atoms with Crippen LogP contribution < -0.4 is 10.7 Å². The van der Waals surface area contributed by atoms with Crippen LogP contribution in [-0.2, 0) is 19.1 Å². The summed E-state index contributed by atoms with van der Waals surface area (Å²) < 4.78 is 5.07. The van der Waals surface area contributed by atoms with E-state index in [-0.39, 0.29) is 18.9 Å². The third-order valence-corrected chi connectivity index (χ3v) is 4.96. The minimum Gasteiger partial charge on any atom is -0.455 e. The zero-order chi connectivity index (χ0) is 21.7. The van der Waals surface area contributed by atoms with Gasteiger partial charge >= 0.3 is 5.97 Å². The highest BCUT2D eigenvalue weighted by Crippen LogP contribution is 2.19. The van der Waals surface area contributed by atoms with E-state index in [9.17, 15) is 19.2 Å². The van der Waals surface area contributed by atoms with Gasteiger partial charge in [-0.25, -0.2) is 0 Å². The summed E-state index contributed by atoms with van der Waals surface area (Å²) in [6.45, 7) is 3.37. The van der Waals surface area contributed by atoms with Gasteiger partial charge in [-0.2, -0.15) is 0 Å². The predicted molar refractivity (Wildman–Crippen MR) is 109 cm³/mol. The maximum Gasteiger partial charge on any atom is 0.311 e. The molecule has 2 N–H and O–H groups in total. The third kappa shape index (κ3) is 5.02. The lowest BCUT2D eigenvalue weighted by molar-refractivity contribution is -0.151. The van der Waals surface area contributed by atoms with Crippen LogP contribution in [0.4, 0.5) is 5.69 Å². The second-order valence-electron chi connectivity index (χ2n) is 7.12. The standard InChI is InChI=1S/C22H23N3O5/c1-14-7-6-10-18(15(14)2)23-19(26)13-30-22(29)17-11-20(27)25(12-17)24-21(28)16-8-4-3-5-9-16/h3-10,17H,11-13H2,1-2H3,(H,23,26)(H,24,28)/t17-/m1/s1. The minimum absolute atomic E-state index is 0.00511. The number of nitrogens with zero attached hydrogens (tertiary/aromatic N) is 1. The molecule has 3 amide bonds. The number of nitrogens with one attached hydrogen (secondary N) is 2. The van der Waals surface area contributed by atoms with Gasteiger partial charge in [-0.1, -0.05) is 30.3 Å². The molecule has 0 aromatic heterocycles. The Morgan fingerprint density at radius 3 is 2.53 bits per heavy atom. The highest BCUT2D eigenvalue weighted by atomic mass is 16.5. The quantitative estimate of drug-likeness (QED) is 0.710. The molecule has 30 heavy (non-hydrogen) atoms. The summed E-state index contributed by atoms with van der Waals surface area (Å²) in [7, 11) is 0. The van der Waals surface area contributed by atoms with Gasteiger partial charge in [0.25, 0.3) is 11.8 Å². The first-order valence-corrected chi connectivity index (χ1v) is 9.54. The minimum atomic E-state index is -0.748. The van der Waals surface area contributed by atoms with Gasteiger partial charge in [-0.15, -0.1) is 0 Å². The molecular formula is C22H23N3O5. The predicted octanol–water partition coefficient (Wildman–Crippen LogP) is 1.98. The molecule has 1 saturated heterocycles. The summed E-state index contributed by atoms with van der Waals surface area (Å²) in [4.78, 5) is 48.7. The molecule has 0 unspecified atom stereocenters. The van der Waals surface area contributed by atoms with Crippen molar-refractivity contribution in [1.82, 2.24) is 10.4 Å². The Balaban J connectivity index is 1.49. The Morgan fingerprint density at radius 2 is 1.80 bits per heavy atom. The van der Waals surface area contributed by atoms with Gasteiger partial charge in [-0.05, 0) is 43.2 Å². The average Bonchev–Trinajstić information content (AvgIpc) is 3.10. The molecule has 0 bridgehead atoms. The number of benzene rings is 2. The molecule has 1 atom stereocenters. The van der Waals surface area contributed by atoms with Crippen molar-refractivity contribution < 1.29 is 23.9 Å². The topological polar surface area (TPSA) is 105 Å². The molecular weight excluding hydrogens is 386 g/mol. The maximum absolute atomic E-state index is 12.3. The lowest BCUT2D eigenvalue weighted by Crippen LogP contribution is -2.43. The van der Waals surface area contributed by atoms with Gasteiger partial charge in [0, 0.05) is 17.7 Å². The number of hydrogen-bond donors (Lipinski definition) is 2. The van der Waals surface area contributed by atoms with Crippen molar-refractivity contribution in [2.24, 2.45) is 5.92 Å². The van der Waals surface area contributed by atoms with Gasteiger partial charge in [-0.3, -0.25) is 29.6 Å². The van der Waals surface area contributed by atoms with Crippen molar-refractivity contribution in [1.29, 1.82) is 0 Å². The molecule has 0 aliphatic carbocycles. The first-order chi connectivity index (χ1) is 14.3. The van der Waals surface area contributed by atoms with Crippen molar-refractivity contribution in [3.05, 3.63) is 65.2 Å². The molecule has 8 heteroatoms. The molecule has 0 radical (unpaired) electrons. The number of hydrazine groups is 1. The van der Waals surface area contributed by atoms with E-state index >= 15 is 0 Å².